The smallest absolute Gasteiger partial charge is 0.261 e. The molecular weight excluding hydrogens is 260 g/mol. The molecule has 6 heteroatoms. The van der Waals surface area contributed by atoms with Gasteiger partial charge in [-0.2, -0.15) is 0 Å². The molecule has 0 saturated carbocycles. The van der Waals surface area contributed by atoms with Crippen LogP contribution in [0, 0.1) is 0 Å². The lowest BCUT2D eigenvalue weighted by Crippen LogP contribution is -2.32. The number of hydrogen-bond donors (Lipinski definition) is 0. The zero-order valence-electron chi connectivity index (χ0n) is 11.4. The van der Waals surface area contributed by atoms with Gasteiger partial charge in [0.15, 0.2) is 0 Å². The van der Waals surface area contributed by atoms with Crippen LogP contribution < -0.4 is 10.3 Å². The van der Waals surface area contributed by atoms with E-state index in [4.69, 9.17) is 14.2 Å². The summed E-state index contributed by atoms with van der Waals surface area (Å²) >= 11 is 0. The SMILES string of the molecule is COc1cccc2c(=O)n(C3COCC3OC)cnc12. The molecule has 3 rings (SSSR count). The van der Waals surface area contributed by atoms with E-state index in [2.05, 4.69) is 4.98 Å². The van der Waals surface area contributed by atoms with Gasteiger partial charge in [-0.25, -0.2) is 4.98 Å². The minimum atomic E-state index is -0.143. The lowest BCUT2D eigenvalue weighted by molar-refractivity contribution is 0.0679. The van der Waals surface area contributed by atoms with Crippen LogP contribution in [-0.2, 0) is 9.47 Å². The normalized spacial score (nSPS) is 22.3. The molecule has 1 aromatic heterocycles. The van der Waals surface area contributed by atoms with Crippen molar-refractivity contribution in [2.75, 3.05) is 27.4 Å². The number of rotatable bonds is 3. The van der Waals surface area contributed by atoms with Gasteiger partial charge in [0.1, 0.15) is 17.4 Å². The Morgan fingerprint density at radius 2 is 2.20 bits per heavy atom. The summed E-state index contributed by atoms with van der Waals surface area (Å²) in [5.74, 6) is 0.595. The van der Waals surface area contributed by atoms with Crippen LogP contribution >= 0.6 is 0 Å². The Labute approximate surface area is 115 Å². The highest BCUT2D eigenvalue weighted by Crippen LogP contribution is 2.23. The van der Waals surface area contributed by atoms with Crippen LogP contribution in [0.3, 0.4) is 0 Å². The molecule has 2 heterocycles. The molecule has 2 unspecified atom stereocenters. The first-order chi connectivity index (χ1) is 9.76. The molecular formula is C14H16N2O4. The minimum absolute atomic E-state index is 0.105. The molecule has 0 radical (unpaired) electrons. The number of ether oxygens (including phenoxy) is 3. The number of hydrogen-bond acceptors (Lipinski definition) is 5. The first-order valence-electron chi connectivity index (χ1n) is 6.40. The first kappa shape index (κ1) is 13.1. The second-order valence-electron chi connectivity index (χ2n) is 4.69. The third-order valence-corrected chi connectivity index (χ3v) is 3.66. The van der Waals surface area contributed by atoms with Crippen molar-refractivity contribution < 1.29 is 14.2 Å². The Hall–Kier alpha value is -1.92. The van der Waals surface area contributed by atoms with E-state index in [1.54, 1.807) is 43.3 Å². The third kappa shape index (κ3) is 1.97. The Morgan fingerprint density at radius 3 is 2.95 bits per heavy atom. The van der Waals surface area contributed by atoms with E-state index < -0.39 is 0 Å². The fourth-order valence-electron chi connectivity index (χ4n) is 2.55. The van der Waals surface area contributed by atoms with E-state index in [1.807, 2.05) is 0 Å². The van der Waals surface area contributed by atoms with E-state index in [9.17, 15) is 4.79 Å². The number of nitrogens with zero attached hydrogens (tertiary/aromatic N) is 2. The summed E-state index contributed by atoms with van der Waals surface area (Å²) in [5, 5.41) is 0.536. The maximum absolute atomic E-state index is 12.6. The number of para-hydroxylation sites is 1. The summed E-state index contributed by atoms with van der Waals surface area (Å²) in [6, 6.07) is 5.18. The Kier molecular flexibility index (Phi) is 3.42. The first-order valence-corrected chi connectivity index (χ1v) is 6.40. The summed E-state index contributed by atoms with van der Waals surface area (Å²) in [5.41, 5.74) is 0.468. The molecule has 0 N–H and O–H groups in total. The maximum atomic E-state index is 12.6. The van der Waals surface area contributed by atoms with Crippen LogP contribution in [-0.4, -0.2) is 43.1 Å². The van der Waals surface area contributed by atoms with Crippen molar-refractivity contribution in [3.05, 3.63) is 34.9 Å². The molecule has 1 aliphatic rings. The van der Waals surface area contributed by atoms with Crippen LogP contribution in [0.25, 0.3) is 10.9 Å². The second-order valence-corrected chi connectivity index (χ2v) is 4.69. The van der Waals surface area contributed by atoms with Gasteiger partial charge in [-0.15, -0.1) is 0 Å². The largest absolute Gasteiger partial charge is 0.494 e. The van der Waals surface area contributed by atoms with Gasteiger partial charge in [-0.05, 0) is 12.1 Å². The monoisotopic (exact) mass is 276 g/mol. The summed E-state index contributed by atoms with van der Waals surface area (Å²) < 4.78 is 17.6. The summed E-state index contributed by atoms with van der Waals surface area (Å²) in [6.07, 6.45) is 1.41. The van der Waals surface area contributed by atoms with Crippen molar-refractivity contribution in [3.63, 3.8) is 0 Å². The molecule has 1 fully saturated rings. The van der Waals surface area contributed by atoms with E-state index in [0.717, 1.165) is 0 Å². The van der Waals surface area contributed by atoms with Gasteiger partial charge in [0.2, 0.25) is 0 Å². The highest BCUT2D eigenvalue weighted by Gasteiger charge is 2.30. The van der Waals surface area contributed by atoms with E-state index >= 15 is 0 Å². The van der Waals surface area contributed by atoms with Crippen LogP contribution in [0.1, 0.15) is 6.04 Å². The predicted octanol–water partition coefficient (Wildman–Crippen LogP) is 0.991. The molecule has 1 aromatic carbocycles. The Balaban J connectivity index is 2.15. The quantitative estimate of drug-likeness (QED) is 0.836. The predicted molar refractivity (Wildman–Crippen MR) is 73.2 cm³/mol. The zero-order valence-corrected chi connectivity index (χ0v) is 11.4. The van der Waals surface area contributed by atoms with Crippen molar-refractivity contribution in [3.8, 4) is 5.75 Å². The van der Waals surface area contributed by atoms with Crippen LogP contribution in [0.2, 0.25) is 0 Å². The molecule has 106 valence electrons. The van der Waals surface area contributed by atoms with Crippen LogP contribution in [0.5, 0.6) is 5.75 Å². The van der Waals surface area contributed by atoms with Crippen molar-refractivity contribution in [1.82, 2.24) is 9.55 Å². The Morgan fingerprint density at radius 1 is 1.35 bits per heavy atom. The van der Waals surface area contributed by atoms with Crippen molar-refractivity contribution in [1.29, 1.82) is 0 Å². The number of fused-ring (bicyclic) bond motifs is 1. The number of methoxy groups -OCH3 is 2. The highest BCUT2D eigenvalue weighted by atomic mass is 16.5. The van der Waals surface area contributed by atoms with Gasteiger partial charge in [0, 0.05) is 7.11 Å². The average Bonchev–Trinajstić information content (AvgIpc) is 2.95. The molecule has 1 aliphatic heterocycles. The van der Waals surface area contributed by atoms with Crippen LogP contribution in [0.4, 0.5) is 0 Å². The highest BCUT2D eigenvalue weighted by molar-refractivity contribution is 5.83. The fraction of sp³-hybridized carbons (Fsp3) is 0.429. The van der Waals surface area contributed by atoms with E-state index in [0.29, 0.717) is 29.9 Å². The molecule has 0 bridgehead atoms. The zero-order chi connectivity index (χ0) is 14.1. The molecule has 1 saturated heterocycles. The third-order valence-electron chi connectivity index (χ3n) is 3.66. The Bertz CT molecular complexity index is 682. The number of aromatic nitrogens is 2. The molecule has 6 nitrogen and oxygen atoms in total. The maximum Gasteiger partial charge on any atom is 0.261 e. The van der Waals surface area contributed by atoms with E-state index in [1.165, 1.54) is 0 Å². The van der Waals surface area contributed by atoms with Gasteiger partial charge in [0.25, 0.3) is 5.56 Å². The van der Waals surface area contributed by atoms with Gasteiger partial charge in [-0.1, -0.05) is 6.07 Å². The van der Waals surface area contributed by atoms with Crippen molar-refractivity contribution in [2.45, 2.75) is 12.1 Å². The molecule has 0 aliphatic carbocycles. The lowest BCUT2D eigenvalue weighted by Gasteiger charge is -2.18. The number of benzene rings is 1. The summed E-state index contributed by atoms with van der Waals surface area (Å²) in [7, 11) is 3.18. The molecule has 20 heavy (non-hydrogen) atoms. The van der Waals surface area contributed by atoms with Gasteiger partial charge in [0.05, 0.1) is 38.1 Å². The second kappa shape index (κ2) is 5.22. The van der Waals surface area contributed by atoms with Gasteiger partial charge < -0.3 is 14.2 Å². The topological polar surface area (TPSA) is 62.6 Å². The van der Waals surface area contributed by atoms with E-state index in [-0.39, 0.29) is 17.7 Å². The molecule has 0 spiro atoms. The minimum Gasteiger partial charge on any atom is -0.494 e. The molecule has 0 amide bonds. The molecule has 2 aromatic rings. The lowest BCUT2D eigenvalue weighted by atomic mass is 10.2. The van der Waals surface area contributed by atoms with Gasteiger partial charge in [-0.3, -0.25) is 9.36 Å². The van der Waals surface area contributed by atoms with Crippen molar-refractivity contribution in [2.24, 2.45) is 0 Å². The van der Waals surface area contributed by atoms with Gasteiger partial charge >= 0.3 is 0 Å². The fourth-order valence-corrected chi connectivity index (χ4v) is 2.55. The average molecular weight is 276 g/mol. The standard InChI is InChI=1S/C14H16N2O4/c1-18-11-5-3-4-9-13(11)15-8-16(14(9)17)10-6-20-7-12(10)19-2/h3-5,8,10,12H,6-7H2,1-2H3. The van der Waals surface area contributed by atoms with Crippen molar-refractivity contribution >= 4 is 10.9 Å². The summed E-state index contributed by atoms with van der Waals surface area (Å²) in [4.78, 5) is 17.0. The molecule has 2 atom stereocenters. The van der Waals surface area contributed by atoms with Crippen LogP contribution in [0.15, 0.2) is 29.3 Å². The summed E-state index contributed by atoms with van der Waals surface area (Å²) in [6.45, 7) is 0.944.